The van der Waals surface area contributed by atoms with E-state index in [9.17, 15) is 20.1 Å². The number of rotatable bonds is 6. The maximum Gasteiger partial charge on any atom is 0.349 e. The number of hydrogen-bond donors (Lipinski definition) is 1. The molecule has 0 spiro atoms. The van der Waals surface area contributed by atoms with Crippen molar-refractivity contribution in [2.24, 2.45) is 0 Å². The molecule has 1 amide bonds. The number of hydrogen-bond acceptors (Lipinski definition) is 6. The third-order valence-electron chi connectivity index (χ3n) is 5.00. The van der Waals surface area contributed by atoms with E-state index >= 15 is 0 Å². The van der Waals surface area contributed by atoms with Crippen LogP contribution in [0.25, 0.3) is 6.08 Å². The van der Waals surface area contributed by atoms with Crippen LogP contribution >= 0.6 is 0 Å². The predicted molar refractivity (Wildman–Crippen MR) is 109 cm³/mol. The van der Waals surface area contributed by atoms with E-state index in [0.29, 0.717) is 18.4 Å². The minimum Gasteiger partial charge on any atom is -0.448 e. The van der Waals surface area contributed by atoms with E-state index in [-0.39, 0.29) is 5.57 Å². The lowest BCUT2D eigenvalue weighted by Gasteiger charge is -2.32. The lowest BCUT2D eigenvalue weighted by Crippen LogP contribution is -2.52. The molecule has 0 saturated heterocycles. The Balaban J connectivity index is 2.03. The maximum atomic E-state index is 12.4. The second-order valence-electron chi connectivity index (χ2n) is 7.45. The highest BCUT2D eigenvalue weighted by Gasteiger charge is 2.35. The summed E-state index contributed by atoms with van der Waals surface area (Å²) in [6.45, 7) is 1.43. The van der Waals surface area contributed by atoms with Gasteiger partial charge in [-0.3, -0.25) is 4.79 Å². The Bertz CT molecular complexity index is 854. The minimum absolute atomic E-state index is 0.199. The van der Waals surface area contributed by atoms with Gasteiger partial charge in [0, 0.05) is 19.8 Å². The third kappa shape index (κ3) is 5.83. The monoisotopic (exact) mass is 394 g/mol. The molecule has 0 heterocycles. The van der Waals surface area contributed by atoms with Crippen LogP contribution in [0.2, 0.25) is 0 Å². The molecule has 7 heteroatoms. The summed E-state index contributed by atoms with van der Waals surface area (Å²) in [6, 6.07) is 11.3. The number of ether oxygens (including phenoxy) is 1. The van der Waals surface area contributed by atoms with Gasteiger partial charge >= 0.3 is 5.97 Å². The number of nitrogens with one attached hydrogen (secondary N) is 1. The normalized spacial score (nSPS) is 16.7. The summed E-state index contributed by atoms with van der Waals surface area (Å²) in [7, 11) is 3.83. The first-order chi connectivity index (χ1) is 13.8. The van der Waals surface area contributed by atoms with Crippen molar-refractivity contribution in [1.29, 1.82) is 10.5 Å². The first-order valence-electron chi connectivity index (χ1n) is 9.64. The molecule has 0 unspecified atom stereocenters. The molecule has 0 aromatic heterocycles. The molecule has 1 fully saturated rings. The highest BCUT2D eigenvalue weighted by Crippen LogP contribution is 2.27. The van der Waals surface area contributed by atoms with Gasteiger partial charge in [0.25, 0.3) is 5.91 Å². The van der Waals surface area contributed by atoms with Crippen molar-refractivity contribution >= 4 is 23.6 Å². The lowest BCUT2D eigenvalue weighted by atomic mass is 9.83. The van der Waals surface area contributed by atoms with Crippen LogP contribution in [0, 0.1) is 22.7 Å². The highest BCUT2D eigenvalue weighted by atomic mass is 16.5. The largest absolute Gasteiger partial charge is 0.448 e. The fourth-order valence-electron chi connectivity index (χ4n) is 3.21. The van der Waals surface area contributed by atoms with E-state index in [1.807, 2.05) is 37.2 Å². The van der Waals surface area contributed by atoms with Crippen molar-refractivity contribution in [1.82, 2.24) is 5.32 Å². The van der Waals surface area contributed by atoms with Crippen molar-refractivity contribution in [3.8, 4) is 12.1 Å². The maximum absolute atomic E-state index is 12.4. The second kappa shape index (κ2) is 9.75. The predicted octanol–water partition coefficient (Wildman–Crippen LogP) is 2.93. The summed E-state index contributed by atoms with van der Waals surface area (Å²) in [4.78, 5) is 26.7. The third-order valence-corrected chi connectivity index (χ3v) is 5.00. The van der Waals surface area contributed by atoms with Gasteiger partial charge in [-0.25, -0.2) is 4.79 Å². The summed E-state index contributed by atoms with van der Waals surface area (Å²) in [5.74, 6) is -1.41. The van der Waals surface area contributed by atoms with Gasteiger partial charge in [-0.15, -0.1) is 0 Å². The average Bonchev–Trinajstić information content (AvgIpc) is 2.72. The molecule has 0 bridgehead atoms. The summed E-state index contributed by atoms with van der Waals surface area (Å²) >= 11 is 0. The number of benzene rings is 1. The number of esters is 1. The molecule has 1 aromatic rings. The molecular weight excluding hydrogens is 368 g/mol. The van der Waals surface area contributed by atoms with Crippen LogP contribution in [0.15, 0.2) is 29.8 Å². The van der Waals surface area contributed by atoms with Crippen LogP contribution < -0.4 is 10.2 Å². The first-order valence-corrected chi connectivity index (χ1v) is 9.64. The average molecular weight is 394 g/mol. The van der Waals surface area contributed by atoms with Crippen molar-refractivity contribution in [3.05, 3.63) is 35.4 Å². The molecule has 152 valence electrons. The number of carbonyl (C=O) groups excluding carboxylic acids is 2. The molecule has 1 saturated carbocycles. The Morgan fingerprint density at radius 3 is 2.31 bits per heavy atom. The van der Waals surface area contributed by atoms with Crippen molar-refractivity contribution in [3.63, 3.8) is 0 Å². The number of carbonyl (C=O) groups is 2. The standard InChI is InChI=1S/C22H26N4O3/c1-16(20(27)25-22(15-24)11-5-4-6-12-22)29-21(28)18(14-23)13-17-7-9-19(10-8-17)26(2)3/h7-10,13,16H,4-6,11-12H2,1-3H3,(H,25,27)/b18-13-/t16-/m1/s1. The molecule has 1 atom stereocenters. The summed E-state index contributed by atoms with van der Waals surface area (Å²) in [6.07, 6.45) is 4.26. The molecule has 2 rings (SSSR count). The van der Waals surface area contributed by atoms with Crippen molar-refractivity contribution in [2.45, 2.75) is 50.7 Å². The zero-order valence-electron chi connectivity index (χ0n) is 17.1. The van der Waals surface area contributed by atoms with Gasteiger partial charge in [-0.05, 0) is 43.5 Å². The summed E-state index contributed by atoms with van der Waals surface area (Å²) < 4.78 is 5.17. The number of nitrogens with zero attached hydrogens (tertiary/aromatic N) is 3. The van der Waals surface area contributed by atoms with E-state index < -0.39 is 23.5 Å². The highest BCUT2D eigenvalue weighted by molar-refractivity contribution is 5.99. The fourth-order valence-corrected chi connectivity index (χ4v) is 3.21. The van der Waals surface area contributed by atoms with Crippen LogP contribution in [-0.2, 0) is 14.3 Å². The molecule has 1 aromatic carbocycles. The Morgan fingerprint density at radius 2 is 1.79 bits per heavy atom. The lowest BCUT2D eigenvalue weighted by molar-refractivity contribution is -0.151. The summed E-state index contributed by atoms with van der Waals surface area (Å²) in [5.41, 5.74) is 0.558. The Hall–Kier alpha value is -3.32. The molecule has 1 aliphatic carbocycles. The smallest absolute Gasteiger partial charge is 0.349 e. The van der Waals surface area contributed by atoms with Gasteiger partial charge < -0.3 is 15.0 Å². The molecule has 0 aliphatic heterocycles. The van der Waals surface area contributed by atoms with Gasteiger partial charge in [-0.2, -0.15) is 10.5 Å². The van der Waals surface area contributed by atoms with Gasteiger partial charge in [0.1, 0.15) is 17.2 Å². The van der Waals surface area contributed by atoms with E-state index in [0.717, 1.165) is 24.9 Å². The van der Waals surface area contributed by atoms with E-state index in [2.05, 4.69) is 11.4 Å². The van der Waals surface area contributed by atoms with E-state index in [4.69, 9.17) is 4.74 Å². The Kier molecular flexibility index (Phi) is 7.39. The topological polar surface area (TPSA) is 106 Å². The Labute approximate surface area is 171 Å². The molecule has 0 radical (unpaired) electrons. The zero-order valence-corrected chi connectivity index (χ0v) is 17.1. The van der Waals surface area contributed by atoms with Gasteiger partial charge in [0.15, 0.2) is 6.10 Å². The molecular formula is C22H26N4O3. The van der Waals surface area contributed by atoms with Gasteiger partial charge in [-0.1, -0.05) is 31.4 Å². The number of amides is 1. The molecule has 1 aliphatic rings. The van der Waals surface area contributed by atoms with Crippen LogP contribution in [-0.4, -0.2) is 37.6 Å². The van der Waals surface area contributed by atoms with Gasteiger partial charge in [0.05, 0.1) is 6.07 Å². The first kappa shape index (κ1) is 22.0. The van der Waals surface area contributed by atoms with Crippen LogP contribution in [0.4, 0.5) is 5.69 Å². The van der Waals surface area contributed by atoms with Gasteiger partial charge in [0.2, 0.25) is 0 Å². The second-order valence-corrected chi connectivity index (χ2v) is 7.45. The van der Waals surface area contributed by atoms with Crippen molar-refractivity contribution in [2.75, 3.05) is 19.0 Å². The Morgan fingerprint density at radius 1 is 1.17 bits per heavy atom. The van der Waals surface area contributed by atoms with Crippen molar-refractivity contribution < 1.29 is 14.3 Å². The fraction of sp³-hybridized carbons (Fsp3) is 0.455. The number of nitriles is 2. The molecule has 1 N–H and O–H groups in total. The molecule has 29 heavy (non-hydrogen) atoms. The van der Waals surface area contributed by atoms with Crippen LogP contribution in [0.5, 0.6) is 0 Å². The summed E-state index contributed by atoms with van der Waals surface area (Å²) in [5, 5.41) is 21.5. The minimum atomic E-state index is -1.11. The van der Waals surface area contributed by atoms with Crippen LogP contribution in [0.3, 0.4) is 0 Å². The number of anilines is 1. The van der Waals surface area contributed by atoms with E-state index in [1.54, 1.807) is 12.1 Å². The molecule has 7 nitrogen and oxygen atoms in total. The van der Waals surface area contributed by atoms with E-state index in [1.165, 1.54) is 13.0 Å². The zero-order chi connectivity index (χ0) is 21.4. The quantitative estimate of drug-likeness (QED) is 0.452. The SMILES string of the molecule is C[C@@H](OC(=O)/C(C#N)=C\c1ccc(N(C)C)cc1)C(=O)NC1(C#N)CCCCC1. The van der Waals surface area contributed by atoms with Crippen LogP contribution in [0.1, 0.15) is 44.6 Å².